The normalized spacial score (nSPS) is 14.7. The summed E-state index contributed by atoms with van der Waals surface area (Å²) in [6.45, 7) is 1.17. The number of piperidine rings is 1. The molecule has 0 amide bonds. The van der Waals surface area contributed by atoms with E-state index in [9.17, 15) is 13.2 Å². The molecule has 1 fully saturated rings. The number of sulfonamides is 1. The lowest BCUT2D eigenvalue weighted by Gasteiger charge is -2.25. The number of ether oxygens (including phenoxy) is 2. The highest BCUT2D eigenvalue weighted by atomic mass is 32.2. The van der Waals surface area contributed by atoms with Crippen molar-refractivity contribution in [3.63, 3.8) is 0 Å². The van der Waals surface area contributed by atoms with E-state index >= 15 is 0 Å². The number of benzene rings is 2. The Bertz CT molecular complexity index is 990. The summed E-state index contributed by atoms with van der Waals surface area (Å²) in [4.78, 5) is 12.4. The van der Waals surface area contributed by atoms with E-state index in [2.05, 4.69) is 0 Å². The van der Waals surface area contributed by atoms with Gasteiger partial charge in [-0.25, -0.2) is 13.2 Å². The number of rotatable bonds is 7. The monoisotopic (exact) mass is 414 g/mol. The number of hydrogen-bond acceptors (Lipinski definition) is 6. The van der Waals surface area contributed by atoms with Crippen LogP contribution in [0.1, 0.15) is 35.2 Å². The third-order valence-corrected chi connectivity index (χ3v) is 6.49. The highest BCUT2D eigenvalue weighted by Gasteiger charge is 2.26. The second kappa shape index (κ2) is 9.54. The molecule has 2 aromatic rings. The Morgan fingerprint density at radius 2 is 1.76 bits per heavy atom. The van der Waals surface area contributed by atoms with Crippen LogP contribution in [-0.2, 0) is 14.8 Å². The van der Waals surface area contributed by atoms with Gasteiger partial charge in [0.15, 0.2) is 0 Å². The second-order valence-corrected chi connectivity index (χ2v) is 8.55. The van der Waals surface area contributed by atoms with Gasteiger partial charge in [0.05, 0.1) is 22.1 Å². The maximum atomic E-state index is 12.8. The van der Waals surface area contributed by atoms with Crippen LogP contribution in [0.3, 0.4) is 0 Å². The minimum absolute atomic E-state index is 0.0158. The maximum Gasteiger partial charge on any atom is 0.338 e. The quantitative estimate of drug-likeness (QED) is 0.510. The molecule has 0 unspecified atom stereocenters. The topological polar surface area (TPSA) is 96.7 Å². The summed E-state index contributed by atoms with van der Waals surface area (Å²) in [5.41, 5.74) is 0.713. The van der Waals surface area contributed by atoms with Crippen LogP contribution in [0.15, 0.2) is 53.4 Å². The van der Waals surface area contributed by atoms with Gasteiger partial charge in [-0.05, 0) is 55.3 Å². The summed E-state index contributed by atoms with van der Waals surface area (Å²) in [7, 11) is -3.61. The van der Waals surface area contributed by atoms with Crippen molar-refractivity contribution in [2.75, 3.05) is 26.3 Å². The molecule has 3 rings (SSSR count). The Morgan fingerprint density at radius 1 is 1.03 bits per heavy atom. The molecule has 8 heteroatoms. The number of esters is 1. The lowest BCUT2D eigenvalue weighted by atomic mass is 10.2. The van der Waals surface area contributed by atoms with Crippen molar-refractivity contribution in [1.82, 2.24) is 4.31 Å². The summed E-state index contributed by atoms with van der Waals surface area (Å²) in [5, 5.41) is 8.77. The molecular formula is C21H22N2O5S. The summed E-state index contributed by atoms with van der Waals surface area (Å²) in [6.07, 6.45) is 2.73. The Morgan fingerprint density at radius 3 is 2.45 bits per heavy atom. The SMILES string of the molecule is N#Cc1ccc(OCCOC(=O)c2cccc(S(=O)(=O)N3CCCCC3)c2)cc1. The predicted molar refractivity (Wildman–Crippen MR) is 106 cm³/mol. The zero-order valence-electron chi connectivity index (χ0n) is 15.9. The Hall–Kier alpha value is -2.89. The van der Waals surface area contributed by atoms with Gasteiger partial charge in [-0.1, -0.05) is 12.5 Å². The number of hydrogen-bond donors (Lipinski definition) is 0. The van der Waals surface area contributed by atoms with E-state index in [0.29, 0.717) is 24.4 Å². The van der Waals surface area contributed by atoms with E-state index < -0.39 is 16.0 Å². The molecule has 0 N–H and O–H groups in total. The first-order valence-electron chi connectivity index (χ1n) is 9.41. The summed E-state index contributed by atoms with van der Waals surface area (Å²) >= 11 is 0. The highest BCUT2D eigenvalue weighted by Crippen LogP contribution is 2.21. The lowest BCUT2D eigenvalue weighted by molar-refractivity contribution is 0.0450. The molecule has 1 saturated heterocycles. The van der Waals surface area contributed by atoms with E-state index in [1.165, 1.54) is 22.5 Å². The molecule has 0 spiro atoms. The van der Waals surface area contributed by atoms with Crippen LogP contribution in [0.25, 0.3) is 0 Å². The van der Waals surface area contributed by atoms with Gasteiger partial charge < -0.3 is 9.47 Å². The van der Waals surface area contributed by atoms with Crippen molar-refractivity contribution in [2.45, 2.75) is 24.2 Å². The molecular weight excluding hydrogens is 392 g/mol. The van der Waals surface area contributed by atoms with Crippen LogP contribution in [0, 0.1) is 11.3 Å². The molecule has 0 atom stereocenters. The zero-order valence-corrected chi connectivity index (χ0v) is 16.7. The van der Waals surface area contributed by atoms with Crippen LogP contribution in [0.2, 0.25) is 0 Å². The first-order valence-corrected chi connectivity index (χ1v) is 10.8. The minimum atomic E-state index is -3.61. The van der Waals surface area contributed by atoms with Gasteiger partial charge in [-0.2, -0.15) is 9.57 Å². The van der Waals surface area contributed by atoms with Crippen molar-refractivity contribution in [3.8, 4) is 11.8 Å². The molecule has 0 radical (unpaired) electrons. The molecule has 0 aromatic heterocycles. The van der Waals surface area contributed by atoms with E-state index in [-0.39, 0.29) is 23.7 Å². The van der Waals surface area contributed by atoms with Crippen molar-refractivity contribution in [1.29, 1.82) is 5.26 Å². The number of nitriles is 1. The van der Waals surface area contributed by atoms with Crippen molar-refractivity contribution in [2.24, 2.45) is 0 Å². The molecule has 0 bridgehead atoms. The van der Waals surface area contributed by atoms with Gasteiger partial charge >= 0.3 is 5.97 Å². The standard InChI is InChI=1S/C21H22N2O5S/c22-16-17-7-9-19(10-8-17)27-13-14-28-21(24)18-5-4-6-20(15-18)29(25,26)23-11-2-1-3-12-23/h4-10,15H,1-3,11-14H2. The Balaban J connectivity index is 1.55. The average Bonchev–Trinajstić information content (AvgIpc) is 2.77. The maximum absolute atomic E-state index is 12.8. The molecule has 29 heavy (non-hydrogen) atoms. The molecule has 1 aliphatic rings. The van der Waals surface area contributed by atoms with E-state index in [1.807, 2.05) is 6.07 Å². The Labute approximate surface area is 170 Å². The number of nitrogens with zero attached hydrogens (tertiary/aromatic N) is 2. The molecule has 1 aliphatic heterocycles. The largest absolute Gasteiger partial charge is 0.490 e. The molecule has 2 aromatic carbocycles. The fourth-order valence-corrected chi connectivity index (χ4v) is 4.60. The van der Waals surface area contributed by atoms with Crippen LogP contribution in [0.5, 0.6) is 5.75 Å². The predicted octanol–water partition coefficient (Wildman–Crippen LogP) is 2.97. The summed E-state index contributed by atoms with van der Waals surface area (Å²) in [6, 6.07) is 14.5. The second-order valence-electron chi connectivity index (χ2n) is 6.61. The zero-order chi connectivity index (χ0) is 20.7. The van der Waals surface area contributed by atoms with E-state index in [4.69, 9.17) is 14.7 Å². The summed E-state index contributed by atoms with van der Waals surface area (Å²) in [5.74, 6) is -0.0428. The van der Waals surface area contributed by atoms with Gasteiger partial charge in [-0.15, -0.1) is 0 Å². The van der Waals surface area contributed by atoms with Gasteiger partial charge in [0.1, 0.15) is 19.0 Å². The van der Waals surface area contributed by atoms with Gasteiger partial charge in [0.2, 0.25) is 10.0 Å². The van der Waals surface area contributed by atoms with Crippen molar-refractivity contribution in [3.05, 3.63) is 59.7 Å². The van der Waals surface area contributed by atoms with Crippen LogP contribution in [0.4, 0.5) is 0 Å². The summed E-state index contributed by atoms with van der Waals surface area (Å²) < 4.78 is 37.6. The van der Waals surface area contributed by atoms with Crippen LogP contribution < -0.4 is 4.74 Å². The Kier molecular flexibility index (Phi) is 6.86. The number of carbonyl (C=O) groups is 1. The smallest absolute Gasteiger partial charge is 0.338 e. The van der Waals surface area contributed by atoms with Gasteiger partial charge in [-0.3, -0.25) is 0 Å². The van der Waals surface area contributed by atoms with Crippen molar-refractivity contribution < 1.29 is 22.7 Å². The number of carbonyl (C=O) groups excluding carboxylic acids is 1. The third kappa shape index (κ3) is 5.34. The fourth-order valence-electron chi connectivity index (χ4n) is 3.04. The molecule has 7 nitrogen and oxygen atoms in total. The van der Waals surface area contributed by atoms with E-state index in [1.54, 1.807) is 30.3 Å². The molecule has 0 saturated carbocycles. The molecule has 0 aliphatic carbocycles. The van der Waals surface area contributed by atoms with Crippen LogP contribution in [-0.4, -0.2) is 45.0 Å². The molecule has 1 heterocycles. The highest BCUT2D eigenvalue weighted by molar-refractivity contribution is 7.89. The van der Waals surface area contributed by atoms with E-state index in [0.717, 1.165) is 19.3 Å². The van der Waals surface area contributed by atoms with Gasteiger partial charge in [0.25, 0.3) is 0 Å². The third-order valence-electron chi connectivity index (χ3n) is 4.59. The molecule has 152 valence electrons. The lowest BCUT2D eigenvalue weighted by Crippen LogP contribution is -2.35. The fraction of sp³-hybridized carbons (Fsp3) is 0.333. The van der Waals surface area contributed by atoms with Gasteiger partial charge in [0, 0.05) is 13.1 Å². The van der Waals surface area contributed by atoms with Crippen LogP contribution >= 0.6 is 0 Å². The van der Waals surface area contributed by atoms with Crippen molar-refractivity contribution >= 4 is 16.0 Å². The first kappa shape index (κ1) is 20.8. The minimum Gasteiger partial charge on any atom is -0.490 e. The first-order chi connectivity index (χ1) is 14.0. The average molecular weight is 414 g/mol.